The van der Waals surface area contributed by atoms with Gasteiger partial charge >= 0.3 is 0 Å². The van der Waals surface area contributed by atoms with Crippen LogP contribution in [-0.2, 0) is 11.2 Å². The zero-order valence-corrected chi connectivity index (χ0v) is 12.9. The first kappa shape index (κ1) is 16.9. The Kier molecular flexibility index (Phi) is 7.55. The smallest absolute Gasteiger partial charge is 0.227 e. The monoisotopic (exact) mass is 297 g/mol. The van der Waals surface area contributed by atoms with Crippen LogP contribution in [0.25, 0.3) is 0 Å². The molecule has 1 aromatic heterocycles. The number of hydrogen-bond acceptors (Lipinski definition) is 3. The second-order valence-electron chi connectivity index (χ2n) is 5.11. The molecule has 0 bridgehead atoms. The lowest BCUT2D eigenvalue weighted by Crippen LogP contribution is -2.47. The maximum absolute atomic E-state index is 12.5. The molecule has 1 amide bonds. The Morgan fingerprint density at radius 3 is 2.80 bits per heavy atom. The van der Waals surface area contributed by atoms with Crippen LogP contribution in [0.1, 0.15) is 31.7 Å². The number of pyridine rings is 1. The van der Waals surface area contributed by atoms with Gasteiger partial charge in [-0.1, -0.05) is 13.0 Å². The number of piperidine rings is 1. The number of nitrogens with zero attached hydrogens (tertiary/aromatic N) is 2. The molecule has 0 atom stereocenters. The van der Waals surface area contributed by atoms with Gasteiger partial charge in [0.2, 0.25) is 5.91 Å². The standard InChI is InChI=1S/C15H23N3O.ClH/c1-2-10-18(14-5-8-16-9-6-14)15(19)11-13-4-3-7-17-12-13;/h3-4,7,12,14,16H,2,5-6,8-11H2,1H3;1H. The maximum atomic E-state index is 12.5. The minimum Gasteiger partial charge on any atom is -0.339 e. The lowest BCUT2D eigenvalue weighted by atomic mass is 10.0. The molecule has 5 heteroatoms. The molecule has 1 fully saturated rings. The van der Waals surface area contributed by atoms with E-state index in [4.69, 9.17) is 0 Å². The third-order valence-electron chi connectivity index (χ3n) is 3.61. The average molecular weight is 298 g/mol. The fourth-order valence-corrected chi connectivity index (χ4v) is 2.65. The summed E-state index contributed by atoms with van der Waals surface area (Å²) in [6.07, 6.45) is 7.15. The number of hydrogen-bond donors (Lipinski definition) is 1. The maximum Gasteiger partial charge on any atom is 0.227 e. The zero-order chi connectivity index (χ0) is 13.5. The van der Waals surface area contributed by atoms with Crippen molar-refractivity contribution >= 4 is 18.3 Å². The van der Waals surface area contributed by atoms with Gasteiger partial charge in [-0.15, -0.1) is 12.4 Å². The predicted octanol–water partition coefficient (Wildman–Crippen LogP) is 2.04. The van der Waals surface area contributed by atoms with Gasteiger partial charge in [-0.25, -0.2) is 0 Å². The highest BCUT2D eigenvalue weighted by atomic mass is 35.5. The Labute approximate surface area is 127 Å². The normalized spacial score (nSPS) is 15.4. The second-order valence-corrected chi connectivity index (χ2v) is 5.11. The molecule has 1 aliphatic heterocycles. The molecule has 4 nitrogen and oxygen atoms in total. The van der Waals surface area contributed by atoms with Gasteiger partial charge in [0.15, 0.2) is 0 Å². The summed E-state index contributed by atoms with van der Waals surface area (Å²) in [6.45, 7) is 5.03. The van der Waals surface area contributed by atoms with Gasteiger partial charge in [0.1, 0.15) is 0 Å². The van der Waals surface area contributed by atoms with Crippen LogP contribution in [0.5, 0.6) is 0 Å². The molecule has 1 aromatic rings. The lowest BCUT2D eigenvalue weighted by Gasteiger charge is -2.34. The number of halogens is 1. The molecule has 0 aromatic carbocycles. The average Bonchev–Trinajstić information content (AvgIpc) is 2.46. The number of rotatable bonds is 5. The highest BCUT2D eigenvalue weighted by Crippen LogP contribution is 2.14. The molecule has 0 saturated carbocycles. The lowest BCUT2D eigenvalue weighted by molar-refractivity contribution is -0.133. The van der Waals surface area contributed by atoms with Crippen LogP contribution in [0.4, 0.5) is 0 Å². The van der Waals surface area contributed by atoms with Crippen molar-refractivity contribution in [2.75, 3.05) is 19.6 Å². The Morgan fingerprint density at radius 2 is 2.20 bits per heavy atom. The van der Waals surface area contributed by atoms with E-state index in [9.17, 15) is 4.79 Å². The van der Waals surface area contributed by atoms with Gasteiger partial charge in [0.05, 0.1) is 6.42 Å². The topological polar surface area (TPSA) is 45.2 Å². The van der Waals surface area contributed by atoms with E-state index >= 15 is 0 Å². The quantitative estimate of drug-likeness (QED) is 0.904. The molecule has 0 spiro atoms. The van der Waals surface area contributed by atoms with Gasteiger partial charge < -0.3 is 10.2 Å². The molecule has 0 unspecified atom stereocenters. The van der Waals surface area contributed by atoms with E-state index in [1.165, 1.54) is 0 Å². The van der Waals surface area contributed by atoms with E-state index in [1.807, 2.05) is 12.1 Å². The van der Waals surface area contributed by atoms with Crippen molar-refractivity contribution in [1.82, 2.24) is 15.2 Å². The Hall–Kier alpha value is -1.13. The molecule has 0 aliphatic carbocycles. The van der Waals surface area contributed by atoms with E-state index in [1.54, 1.807) is 12.4 Å². The van der Waals surface area contributed by atoms with Crippen molar-refractivity contribution in [3.05, 3.63) is 30.1 Å². The molecule has 1 saturated heterocycles. The minimum absolute atomic E-state index is 0. The zero-order valence-electron chi connectivity index (χ0n) is 12.0. The highest BCUT2D eigenvalue weighted by molar-refractivity contribution is 5.85. The van der Waals surface area contributed by atoms with Crippen molar-refractivity contribution < 1.29 is 4.79 Å². The predicted molar refractivity (Wildman–Crippen MR) is 83.1 cm³/mol. The first-order chi connectivity index (χ1) is 9.31. The molecule has 1 N–H and O–H groups in total. The molecule has 2 heterocycles. The summed E-state index contributed by atoms with van der Waals surface area (Å²) >= 11 is 0. The van der Waals surface area contributed by atoms with E-state index < -0.39 is 0 Å². The van der Waals surface area contributed by atoms with Gasteiger partial charge in [0, 0.05) is 25.0 Å². The van der Waals surface area contributed by atoms with E-state index in [-0.39, 0.29) is 18.3 Å². The van der Waals surface area contributed by atoms with Crippen LogP contribution in [0, 0.1) is 0 Å². The highest BCUT2D eigenvalue weighted by Gasteiger charge is 2.24. The van der Waals surface area contributed by atoms with Crippen LogP contribution in [0.15, 0.2) is 24.5 Å². The summed E-state index contributed by atoms with van der Waals surface area (Å²) < 4.78 is 0. The van der Waals surface area contributed by atoms with Crippen LogP contribution >= 0.6 is 12.4 Å². The summed E-state index contributed by atoms with van der Waals surface area (Å²) in [5.41, 5.74) is 1.00. The van der Waals surface area contributed by atoms with Gasteiger partial charge in [-0.3, -0.25) is 9.78 Å². The van der Waals surface area contributed by atoms with Crippen LogP contribution in [0.3, 0.4) is 0 Å². The first-order valence-corrected chi connectivity index (χ1v) is 7.20. The molecular weight excluding hydrogens is 274 g/mol. The van der Waals surface area contributed by atoms with Gasteiger partial charge in [-0.05, 0) is 44.0 Å². The molecule has 0 radical (unpaired) electrons. The summed E-state index contributed by atoms with van der Waals surface area (Å²) in [6, 6.07) is 4.26. The van der Waals surface area contributed by atoms with E-state index in [2.05, 4.69) is 22.1 Å². The summed E-state index contributed by atoms with van der Waals surface area (Å²) in [7, 11) is 0. The molecule has 2 rings (SSSR count). The molecular formula is C15H24ClN3O. The number of aromatic nitrogens is 1. The number of nitrogens with one attached hydrogen (secondary N) is 1. The number of carbonyl (C=O) groups is 1. The third kappa shape index (κ3) is 4.76. The van der Waals surface area contributed by atoms with Crippen LogP contribution in [0.2, 0.25) is 0 Å². The second kappa shape index (κ2) is 8.93. The van der Waals surface area contributed by atoms with Crippen molar-refractivity contribution in [2.24, 2.45) is 0 Å². The molecule has 1 aliphatic rings. The summed E-state index contributed by atoms with van der Waals surface area (Å²) in [4.78, 5) is 18.6. The fourth-order valence-electron chi connectivity index (χ4n) is 2.65. The van der Waals surface area contributed by atoms with Crippen LogP contribution in [-0.4, -0.2) is 41.5 Å². The fraction of sp³-hybridized carbons (Fsp3) is 0.600. The van der Waals surface area contributed by atoms with Gasteiger partial charge in [-0.2, -0.15) is 0 Å². The van der Waals surface area contributed by atoms with E-state index in [0.717, 1.165) is 44.5 Å². The van der Waals surface area contributed by atoms with Crippen molar-refractivity contribution in [1.29, 1.82) is 0 Å². The van der Waals surface area contributed by atoms with Crippen molar-refractivity contribution in [3.63, 3.8) is 0 Å². The first-order valence-electron chi connectivity index (χ1n) is 7.20. The third-order valence-corrected chi connectivity index (χ3v) is 3.61. The van der Waals surface area contributed by atoms with Crippen LogP contribution < -0.4 is 5.32 Å². The Balaban J connectivity index is 0.00000200. The SMILES string of the molecule is CCCN(C(=O)Cc1cccnc1)C1CCNCC1.Cl. The number of amides is 1. The van der Waals surface area contributed by atoms with E-state index in [0.29, 0.717) is 12.5 Å². The van der Waals surface area contributed by atoms with Crippen molar-refractivity contribution in [2.45, 2.75) is 38.6 Å². The largest absolute Gasteiger partial charge is 0.339 e. The summed E-state index contributed by atoms with van der Waals surface area (Å²) in [5.74, 6) is 0.238. The molecule has 112 valence electrons. The summed E-state index contributed by atoms with van der Waals surface area (Å²) in [5, 5.41) is 3.35. The van der Waals surface area contributed by atoms with Gasteiger partial charge in [0.25, 0.3) is 0 Å². The molecule has 20 heavy (non-hydrogen) atoms. The van der Waals surface area contributed by atoms with Crippen molar-refractivity contribution in [3.8, 4) is 0 Å². The Morgan fingerprint density at radius 1 is 1.45 bits per heavy atom. The Bertz CT molecular complexity index is 393. The number of carbonyl (C=O) groups excluding carboxylic acids is 1. The minimum atomic E-state index is 0.